The average molecular weight is 1860 g/mol. The van der Waals surface area contributed by atoms with Gasteiger partial charge in [0, 0.05) is 205 Å². The molecule has 15 heteroatoms. The summed E-state index contributed by atoms with van der Waals surface area (Å²) in [6, 6.07) is 64.9. The molecule has 6 N–H and O–H groups in total. The molecular formula is C124H153FN12O2. The van der Waals surface area contributed by atoms with Crippen molar-refractivity contribution in [3.05, 3.63) is 324 Å². The maximum absolute atomic E-state index is 13.3. The van der Waals surface area contributed by atoms with Crippen LogP contribution < -0.4 is 0 Å². The number of esters is 1. The number of para-hydroxylation sites is 5. The number of H-pyrrole nitrogens is 6. The average Bonchev–Trinajstić information content (AvgIpc) is 1.41. The Balaban J connectivity index is 0.000000103. The van der Waals surface area contributed by atoms with E-state index in [1.54, 1.807) is 12.1 Å². The standard InChI is InChI=1S/C24H26N2.C22H28N2O2.2C20H26N2.C19H23FN2.C19H24N2/c1-2-6-18(7-3-1)14-21-15-19-10-11-24(21)26(17-19)13-12-20-16-25-23-9-5-4-8-22(20)23;1-3-16-13-15-9-10-20(16)24(14-15)12-11-18-17-7-5-6-8-19(17)23-21(18)22(25)26-4-2;1-2-16-12-15-9-10-20(16)22(14-15)11-5-6-17-13-21-19-8-4-3-7-18(17)19;1-2-5-16-12-15-8-9-20(16)22(14-15)11-10-17-13-21-19-7-4-3-6-18(17)19;1-2-14-9-13-3-6-19(14)22(12-13)8-7-15-11-21-18-10-16(20)4-5-17(15)18;1-2-15-11-14-7-8-19(15)21(13-14)10-9-17-12-16-5-3-4-6-18(16)20-17/h1-11,16,19,21,24-25H,12-15,17H2;5-10,15-16,20,23H,3-4,11-14H2,1-2H3;3-4,7-10,13,15-16,20-21H,2,5-6,11-12,14H2,1H3;3-4,6-9,13,15-16,20-21H,2,5,10-12,14H2,1H3;3-6,10-11,13-14,19,21H,2,7-9,12H2,1H3;3-8,12,14-15,19-20H,2,9-11,13H2,1H3. The van der Waals surface area contributed by atoms with Crippen LogP contribution >= 0.6 is 0 Å². The number of nitrogens with one attached hydrogen (secondary N) is 6. The normalized spacial score (nSPS) is 26.9. The van der Waals surface area contributed by atoms with Crippen LogP contribution in [0.15, 0.2) is 274 Å². The van der Waals surface area contributed by atoms with Crippen LogP contribution in [0.2, 0.25) is 0 Å². The topological polar surface area (TPSA) is 140 Å². The maximum Gasteiger partial charge on any atom is 0.355 e. The second kappa shape index (κ2) is 45.1. The lowest BCUT2D eigenvalue weighted by atomic mass is 9.75. The minimum Gasteiger partial charge on any atom is -0.461 e. The number of hydrogen-bond donors (Lipinski definition) is 6. The van der Waals surface area contributed by atoms with Gasteiger partial charge in [0.15, 0.2) is 0 Å². The number of aromatic nitrogens is 6. The van der Waals surface area contributed by atoms with Gasteiger partial charge in [-0.15, -0.1) is 0 Å². The van der Waals surface area contributed by atoms with Gasteiger partial charge in [-0.2, -0.15) is 0 Å². The van der Waals surface area contributed by atoms with Crippen LogP contribution in [0.1, 0.15) is 175 Å². The lowest BCUT2D eigenvalue weighted by molar-refractivity contribution is 0.0517. The molecule has 31 rings (SSSR count). The molecule has 6 saturated heterocycles. The fourth-order valence-corrected chi connectivity index (χ4v) is 27.2. The number of carbonyl (C=O) groups excluding carboxylic acids is 1. The van der Waals surface area contributed by atoms with Gasteiger partial charge in [0.1, 0.15) is 11.5 Å². The Hall–Kier alpha value is -10.6. The zero-order valence-electron chi connectivity index (χ0n) is 83.6. The summed E-state index contributed by atoms with van der Waals surface area (Å²) in [5, 5.41) is 7.80. The lowest BCUT2D eigenvalue weighted by Gasteiger charge is -2.46. The van der Waals surface area contributed by atoms with Crippen LogP contribution in [0.25, 0.3) is 65.4 Å². The summed E-state index contributed by atoms with van der Waals surface area (Å²) in [4.78, 5) is 48.8. The van der Waals surface area contributed by atoms with E-state index < -0.39 is 0 Å². The fourth-order valence-electron chi connectivity index (χ4n) is 27.2. The van der Waals surface area contributed by atoms with Gasteiger partial charge in [0.05, 0.1) is 6.61 Å². The number of nitrogens with zero attached hydrogens (tertiary/aromatic N) is 6. The van der Waals surface area contributed by atoms with Gasteiger partial charge in [-0.3, -0.25) is 29.4 Å². The molecule has 18 atom stereocenters. The predicted octanol–water partition coefficient (Wildman–Crippen LogP) is 25.9. The highest BCUT2D eigenvalue weighted by atomic mass is 19.1. The van der Waals surface area contributed by atoms with Crippen LogP contribution in [0.3, 0.4) is 0 Å². The molecule has 14 nitrogen and oxygen atoms in total. The molecule has 18 heterocycles. The Morgan fingerprint density at radius 1 is 0.338 bits per heavy atom. The van der Waals surface area contributed by atoms with E-state index in [2.05, 4.69) is 325 Å². The quantitative estimate of drug-likeness (QED) is 0.0201. The first kappa shape index (κ1) is 95.9. The molecule has 0 radical (unpaired) electrons. The van der Waals surface area contributed by atoms with Gasteiger partial charge < -0.3 is 34.6 Å². The van der Waals surface area contributed by atoms with Gasteiger partial charge in [-0.1, -0.05) is 261 Å². The Labute approximate surface area is 825 Å². The van der Waals surface area contributed by atoms with E-state index in [1.807, 2.05) is 37.4 Å². The van der Waals surface area contributed by atoms with Crippen molar-refractivity contribution in [2.24, 2.45) is 71.0 Å². The summed E-state index contributed by atoms with van der Waals surface area (Å²) < 4.78 is 18.5. The number of rotatable bonds is 29. The number of aromatic amines is 6. The number of piperidine rings is 6. The molecular weight excluding hydrogens is 1710 g/mol. The molecule has 13 aromatic rings. The molecule has 18 unspecified atom stereocenters. The van der Waals surface area contributed by atoms with Crippen LogP contribution in [-0.4, -0.2) is 187 Å². The summed E-state index contributed by atoms with van der Waals surface area (Å²) >= 11 is 0. The number of aryl methyl sites for hydroxylation is 1. The highest BCUT2D eigenvalue weighted by Crippen LogP contribution is 2.44. The zero-order valence-corrected chi connectivity index (χ0v) is 83.6. The van der Waals surface area contributed by atoms with Crippen molar-refractivity contribution in [1.82, 2.24) is 59.3 Å². The third-order valence-corrected chi connectivity index (χ3v) is 34.3. The van der Waals surface area contributed by atoms with Crippen LogP contribution in [-0.2, 0) is 49.7 Å². The summed E-state index contributed by atoms with van der Waals surface area (Å²) in [5.74, 6) is 9.13. The maximum atomic E-state index is 13.3. The van der Waals surface area contributed by atoms with Crippen molar-refractivity contribution >= 4 is 71.4 Å². The fraction of sp³-hybridized carbons (Fsp3) is 0.460. The Kier molecular flexibility index (Phi) is 31.1. The Bertz CT molecular complexity index is 6370. The van der Waals surface area contributed by atoms with Crippen molar-refractivity contribution < 1.29 is 13.9 Å². The Morgan fingerprint density at radius 2 is 0.705 bits per heavy atom. The van der Waals surface area contributed by atoms with Crippen molar-refractivity contribution in [1.29, 1.82) is 0 Å². The Morgan fingerprint density at radius 3 is 1.15 bits per heavy atom. The molecule has 0 saturated carbocycles. The van der Waals surface area contributed by atoms with Gasteiger partial charge >= 0.3 is 5.97 Å². The molecule has 728 valence electrons. The number of halogens is 1. The summed E-state index contributed by atoms with van der Waals surface area (Å²) in [6.45, 7) is 28.1. The number of carbonyl (C=O) groups is 1. The van der Waals surface area contributed by atoms with Gasteiger partial charge in [-0.25, -0.2) is 9.18 Å². The van der Waals surface area contributed by atoms with Crippen molar-refractivity contribution in [3.63, 3.8) is 0 Å². The first-order valence-corrected chi connectivity index (χ1v) is 54.2. The highest BCUT2D eigenvalue weighted by Gasteiger charge is 2.43. The van der Waals surface area contributed by atoms with E-state index in [9.17, 15) is 9.18 Å². The van der Waals surface area contributed by atoms with E-state index >= 15 is 0 Å². The summed E-state index contributed by atoms with van der Waals surface area (Å²) in [6.07, 6.45) is 63.1. The smallest absolute Gasteiger partial charge is 0.355 e. The summed E-state index contributed by atoms with van der Waals surface area (Å²) in [7, 11) is 0. The third kappa shape index (κ3) is 22.2. The van der Waals surface area contributed by atoms with Crippen LogP contribution in [0.4, 0.5) is 4.39 Å². The van der Waals surface area contributed by atoms with Gasteiger partial charge in [0.2, 0.25) is 0 Å². The highest BCUT2D eigenvalue weighted by molar-refractivity contribution is 5.98. The molecule has 6 fully saturated rings. The second-order valence-electron chi connectivity index (χ2n) is 42.9. The van der Waals surface area contributed by atoms with Crippen molar-refractivity contribution in [2.45, 2.75) is 206 Å². The first-order valence-electron chi connectivity index (χ1n) is 54.2. The van der Waals surface area contributed by atoms with Gasteiger partial charge in [0.25, 0.3) is 0 Å². The minimum absolute atomic E-state index is 0.176. The van der Waals surface area contributed by atoms with E-state index in [0.29, 0.717) is 54.5 Å². The number of benzene rings is 7. The predicted molar refractivity (Wildman–Crippen MR) is 575 cm³/mol. The third-order valence-electron chi connectivity index (χ3n) is 34.3. The molecule has 6 aromatic heterocycles. The molecule has 12 aliphatic heterocycles. The molecule has 139 heavy (non-hydrogen) atoms. The number of fused-ring (bicyclic) bond motifs is 18. The summed E-state index contributed by atoms with van der Waals surface area (Å²) in [5.41, 5.74) is 17.2. The van der Waals surface area contributed by atoms with E-state index in [1.165, 1.54) is 226 Å². The zero-order chi connectivity index (χ0) is 94.7. The molecule has 0 spiro atoms. The molecule has 18 aliphatic rings. The van der Waals surface area contributed by atoms with Crippen LogP contribution in [0.5, 0.6) is 0 Å². The van der Waals surface area contributed by atoms with E-state index in [4.69, 9.17) is 4.74 Å². The van der Waals surface area contributed by atoms with Crippen molar-refractivity contribution in [3.8, 4) is 0 Å². The second-order valence-corrected chi connectivity index (χ2v) is 42.9. The first-order chi connectivity index (χ1) is 68.3. The van der Waals surface area contributed by atoms with E-state index in [0.717, 1.165) is 151 Å². The molecule has 6 aliphatic carbocycles. The number of hydrogen-bond acceptors (Lipinski definition) is 8. The number of ether oxygens (including phenoxy) is 1. The SMILES string of the molecule is C1=CC2C(Cc3ccccc3)CC1CN2CCc1c[nH]c2ccccc12.CCC1CC2C=CC1N(CCCc1c[nH]c3ccccc13)C2.CCC1CC2C=CC1N(CCc1c[nH]c3cc(F)ccc13)C2.CCC1CC2C=CC1N(CCc1cc3ccccc3[nH]1)C2.CCCC1CC2C=CC1N(CCc1c[nH]c3ccccc13)C2.CCOC(=O)c1[nH]c2ccccc2c1CCN1CC2C=CC1C(CC)C2. The monoisotopic (exact) mass is 1860 g/mol. The largest absolute Gasteiger partial charge is 0.461 e. The molecule has 12 bridgehead atoms. The van der Waals surface area contributed by atoms with Gasteiger partial charge in [-0.05, 0) is 268 Å². The minimum atomic E-state index is -0.245. The van der Waals surface area contributed by atoms with Crippen molar-refractivity contribution in [2.75, 3.05) is 85.1 Å². The molecule has 0 amide bonds. The van der Waals surface area contributed by atoms with E-state index in [-0.39, 0.29) is 11.8 Å². The molecule has 7 aromatic carbocycles. The van der Waals surface area contributed by atoms with Crippen LogP contribution in [0, 0.1) is 76.8 Å². The lowest BCUT2D eigenvalue weighted by Crippen LogP contribution is -2.51.